The van der Waals surface area contributed by atoms with Gasteiger partial charge in [-0.05, 0) is 12.1 Å². The van der Waals surface area contributed by atoms with Gasteiger partial charge >= 0.3 is 5.97 Å². The second-order valence-corrected chi connectivity index (χ2v) is 13.9. The molecule has 326 valence electrons. The molecule has 0 radical (unpaired) electrons. The lowest BCUT2D eigenvalue weighted by atomic mass is 9.88. The average molecular weight is 837 g/mol. The third-order valence-electron chi connectivity index (χ3n) is 9.55. The van der Waals surface area contributed by atoms with E-state index in [0.29, 0.717) is 0 Å². The number of aliphatic carboxylic acids is 1. The van der Waals surface area contributed by atoms with Crippen LogP contribution < -0.4 is 20.7 Å². The van der Waals surface area contributed by atoms with Crippen LogP contribution in [0.2, 0.25) is 0 Å². The Hall–Kier alpha value is -4.22. The largest absolute Gasteiger partial charge is 0.477 e. The maximum atomic E-state index is 12.8. The summed E-state index contributed by atoms with van der Waals surface area (Å²) in [6, 6.07) is -0.230. The van der Waals surface area contributed by atoms with Crippen LogP contribution in [0.15, 0.2) is 24.3 Å². The molecule has 3 saturated heterocycles. The Morgan fingerprint density at radius 2 is 1.43 bits per heavy atom. The summed E-state index contributed by atoms with van der Waals surface area (Å²) in [5, 5.41) is 113. The van der Waals surface area contributed by atoms with Crippen molar-refractivity contribution in [1.82, 2.24) is 16.0 Å². The fourth-order valence-corrected chi connectivity index (χ4v) is 6.72. The standard InChI is InChI=1S/C33H48N4O21/c1-12(40)34-21-17(43)8-33(32(49)50,58-29(21)24(45)18(44)9-38)53-11-20-26(47)28(57-30-22(35-13(2)41)27(48)25(46)19(10-39)55-30)23(36-14(3)42)31(56-20)54-16-6-4-15(5-7-16)37(51)52/h4-7,17-31,38-39,43-48H,8-11H2,1-3H3,(H,34,40)(H,35,41)(H,36,42)(H,49,50)/t17-,18-,19?,20?,21-,22+,23+,24-,25-,26+,27?,28?,29?,30+,31+,33-/m1/s1. The number of nitro benzene ring substituents is 1. The first-order chi connectivity index (χ1) is 27.2. The number of hydrogen-bond donors (Lipinski definition) is 12. The molecule has 12 N–H and O–H groups in total. The number of aliphatic hydroxyl groups is 8. The number of nitrogens with zero attached hydrogens (tertiary/aromatic N) is 1. The normalized spacial score (nSPS) is 36.2. The lowest BCUT2D eigenvalue weighted by molar-refractivity contribution is -0.384. The molecule has 3 aliphatic rings. The van der Waals surface area contributed by atoms with Crippen LogP contribution in [0.1, 0.15) is 27.2 Å². The number of non-ortho nitro benzene ring substituents is 1. The number of benzene rings is 1. The lowest BCUT2D eigenvalue weighted by Gasteiger charge is -2.49. The molecule has 4 rings (SSSR count). The lowest BCUT2D eigenvalue weighted by Crippen LogP contribution is -2.71. The highest BCUT2D eigenvalue weighted by Gasteiger charge is 2.58. The number of carbonyl (C=O) groups excluding carboxylic acids is 3. The van der Waals surface area contributed by atoms with Gasteiger partial charge < -0.3 is 90.3 Å². The van der Waals surface area contributed by atoms with Crippen molar-refractivity contribution in [2.45, 2.75) is 125 Å². The summed E-state index contributed by atoms with van der Waals surface area (Å²) in [6.45, 7) is 0.244. The number of rotatable bonds is 16. The van der Waals surface area contributed by atoms with E-state index < -0.39 is 152 Å². The van der Waals surface area contributed by atoms with Crippen molar-refractivity contribution in [2.75, 3.05) is 19.8 Å². The highest BCUT2D eigenvalue weighted by Crippen LogP contribution is 2.36. The molecule has 0 bridgehead atoms. The van der Waals surface area contributed by atoms with Gasteiger partial charge in [-0.2, -0.15) is 0 Å². The van der Waals surface area contributed by atoms with Crippen molar-refractivity contribution in [1.29, 1.82) is 0 Å². The third kappa shape index (κ3) is 10.7. The topological polar surface area (TPSA) is 385 Å². The molecule has 25 heteroatoms. The quantitative estimate of drug-likeness (QED) is 0.0545. The maximum absolute atomic E-state index is 12.8. The second kappa shape index (κ2) is 19.7. The van der Waals surface area contributed by atoms with Gasteiger partial charge in [-0.25, -0.2) is 4.79 Å². The molecule has 3 aliphatic heterocycles. The Bertz CT molecular complexity index is 1610. The Labute approximate surface area is 328 Å². The molecule has 3 heterocycles. The zero-order chi connectivity index (χ0) is 43.2. The number of hydrogen-bond acceptors (Lipinski definition) is 20. The Morgan fingerprint density at radius 1 is 0.862 bits per heavy atom. The summed E-state index contributed by atoms with van der Waals surface area (Å²) in [5.74, 6) is -7.18. The van der Waals surface area contributed by atoms with Crippen molar-refractivity contribution in [2.24, 2.45) is 0 Å². The van der Waals surface area contributed by atoms with E-state index >= 15 is 0 Å². The number of carboxylic acid groups (broad SMARTS) is 1. The molecule has 0 saturated carbocycles. The monoisotopic (exact) mass is 836 g/mol. The molecule has 1 aromatic carbocycles. The predicted molar refractivity (Wildman–Crippen MR) is 185 cm³/mol. The Morgan fingerprint density at radius 3 is 1.97 bits per heavy atom. The van der Waals surface area contributed by atoms with Gasteiger partial charge in [0.25, 0.3) is 11.5 Å². The van der Waals surface area contributed by atoms with E-state index in [1.165, 1.54) is 0 Å². The minimum atomic E-state index is -2.92. The zero-order valence-electron chi connectivity index (χ0n) is 31.2. The molecule has 1 aromatic rings. The van der Waals surface area contributed by atoms with E-state index in [0.717, 1.165) is 45.0 Å². The fourth-order valence-electron chi connectivity index (χ4n) is 6.72. The summed E-state index contributed by atoms with van der Waals surface area (Å²) in [5.41, 5.74) is -0.333. The van der Waals surface area contributed by atoms with Gasteiger partial charge in [0.2, 0.25) is 24.0 Å². The van der Waals surface area contributed by atoms with Crippen LogP contribution in [-0.4, -0.2) is 192 Å². The van der Waals surface area contributed by atoms with Crippen molar-refractivity contribution in [3.05, 3.63) is 34.4 Å². The molecular weight excluding hydrogens is 788 g/mol. The first kappa shape index (κ1) is 46.5. The second-order valence-electron chi connectivity index (χ2n) is 13.9. The molecule has 3 fully saturated rings. The molecule has 16 atom stereocenters. The van der Waals surface area contributed by atoms with E-state index in [1.807, 2.05) is 0 Å². The van der Waals surface area contributed by atoms with E-state index in [1.54, 1.807) is 0 Å². The summed E-state index contributed by atoms with van der Waals surface area (Å²) >= 11 is 0. The number of carboxylic acids is 1. The van der Waals surface area contributed by atoms with Gasteiger partial charge in [0.1, 0.15) is 72.8 Å². The van der Waals surface area contributed by atoms with Crippen LogP contribution in [0.4, 0.5) is 5.69 Å². The van der Waals surface area contributed by atoms with Gasteiger partial charge in [-0.15, -0.1) is 0 Å². The number of amides is 3. The summed E-state index contributed by atoms with van der Waals surface area (Å²) < 4.78 is 35.0. The van der Waals surface area contributed by atoms with Crippen molar-refractivity contribution in [3.8, 4) is 5.75 Å². The number of aliphatic hydroxyl groups excluding tert-OH is 8. The van der Waals surface area contributed by atoms with Gasteiger partial charge in [0.15, 0.2) is 6.29 Å². The number of carbonyl (C=O) groups is 4. The highest BCUT2D eigenvalue weighted by molar-refractivity contribution is 5.77. The smallest absolute Gasteiger partial charge is 0.364 e. The van der Waals surface area contributed by atoms with Crippen molar-refractivity contribution >= 4 is 29.4 Å². The van der Waals surface area contributed by atoms with Gasteiger partial charge in [0.05, 0.1) is 36.9 Å². The van der Waals surface area contributed by atoms with Crippen LogP contribution in [0.25, 0.3) is 0 Å². The van der Waals surface area contributed by atoms with E-state index in [2.05, 4.69) is 16.0 Å². The minimum absolute atomic E-state index is 0.103. The first-order valence-corrected chi connectivity index (χ1v) is 17.8. The SMILES string of the molecule is CC(=O)N[C@H]1C(O)[C@H](O)C(CO)O[C@H]1OC1[C@@H](O)C(CO[C@]2(C(=O)O)C[C@@H](O)[C@@H](NC(C)=O)C([C@H](O)[C@H](O)CO)O2)O[C@H](Oc2ccc([N+](=O)[O-])cc2)[C@H]1NC(C)=O. The van der Waals surface area contributed by atoms with E-state index in [-0.39, 0.29) is 11.4 Å². The molecular formula is C33H48N4O21. The third-order valence-corrected chi connectivity index (χ3v) is 9.55. The van der Waals surface area contributed by atoms with Crippen molar-refractivity contribution < 1.29 is 98.5 Å². The Balaban J connectivity index is 1.75. The maximum Gasteiger partial charge on any atom is 0.364 e. The molecule has 5 unspecified atom stereocenters. The summed E-state index contributed by atoms with van der Waals surface area (Å²) in [7, 11) is 0. The van der Waals surface area contributed by atoms with Crippen LogP contribution >= 0.6 is 0 Å². The predicted octanol–water partition coefficient (Wildman–Crippen LogP) is -5.94. The minimum Gasteiger partial charge on any atom is -0.477 e. The van der Waals surface area contributed by atoms with Gasteiger partial charge in [-0.3, -0.25) is 24.5 Å². The van der Waals surface area contributed by atoms with Crippen molar-refractivity contribution in [3.63, 3.8) is 0 Å². The molecule has 0 aliphatic carbocycles. The average Bonchev–Trinajstić information content (AvgIpc) is 3.16. The Kier molecular flexibility index (Phi) is 15.8. The summed E-state index contributed by atoms with van der Waals surface area (Å²) in [4.78, 5) is 60.0. The van der Waals surface area contributed by atoms with Gasteiger partial charge in [0, 0.05) is 39.3 Å². The number of ether oxygens (including phenoxy) is 6. The number of nitro groups is 1. The van der Waals surface area contributed by atoms with Gasteiger partial charge in [-0.1, -0.05) is 0 Å². The highest BCUT2D eigenvalue weighted by atomic mass is 16.8. The van der Waals surface area contributed by atoms with Crippen LogP contribution in [0, 0.1) is 10.1 Å². The van der Waals surface area contributed by atoms with Crippen LogP contribution in [-0.2, 0) is 42.9 Å². The first-order valence-electron chi connectivity index (χ1n) is 17.8. The van der Waals surface area contributed by atoms with E-state index in [9.17, 15) is 75.3 Å². The van der Waals surface area contributed by atoms with Crippen LogP contribution in [0.3, 0.4) is 0 Å². The molecule has 0 spiro atoms. The fraction of sp³-hybridized carbons (Fsp3) is 0.697. The zero-order valence-corrected chi connectivity index (χ0v) is 31.2. The molecule has 58 heavy (non-hydrogen) atoms. The van der Waals surface area contributed by atoms with E-state index in [4.69, 9.17) is 28.4 Å². The number of nitrogens with one attached hydrogen (secondary N) is 3. The molecule has 25 nitrogen and oxygen atoms in total. The van der Waals surface area contributed by atoms with Crippen LogP contribution in [0.5, 0.6) is 5.75 Å². The summed E-state index contributed by atoms with van der Waals surface area (Å²) in [6.07, 6.45) is -23.0. The molecule has 3 amide bonds. The molecule has 0 aromatic heterocycles.